The molecule has 34 heavy (non-hydrogen) atoms. The van der Waals surface area contributed by atoms with Gasteiger partial charge in [-0.15, -0.1) is 0 Å². The molecule has 0 bridgehead atoms. The van der Waals surface area contributed by atoms with E-state index in [1.807, 2.05) is 6.92 Å². The van der Waals surface area contributed by atoms with Gasteiger partial charge in [0.1, 0.15) is 5.75 Å². The zero-order valence-corrected chi connectivity index (χ0v) is 20.8. The van der Waals surface area contributed by atoms with Gasteiger partial charge in [0, 0.05) is 24.5 Å². The second-order valence-corrected chi connectivity index (χ2v) is 10.6. The number of phenolic OH excluding ortho intramolecular Hbond substituents is 1. The van der Waals surface area contributed by atoms with Crippen molar-refractivity contribution >= 4 is 12.0 Å². The fraction of sp³-hybridized carbons (Fsp3) is 0.654. The maximum atomic E-state index is 11.8. The van der Waals surface area contributed by atoms with Crippen LogP contribution in [0.1, 0.15) is 77.9 Å². The Labute approximate surface area is 201 Å². The predicted octanol–water partition coefficient (Wildman–Crippen LogP) is 4.12. The molecule has 1 aliphatic carbocycles. The van der Waals surface area contributed by atoms with Crippen LogP contribution in [-0.4, -0.2) is 65.0 Å². The number of aromatic hydroxyl groups is 1. The van der Waals surface area contributed by atoms with Crippen LogP contribution in [0.25, 0.3) is 0 Å². The number of aromatic nitrogens is 2. The van der Waals surface area contributed by atoms with Crippen LogP contribution >= 0.6 is 0 Å². The van der Waals surface area contributed by atoms with Crippen LogP contribution in [0.5, 0.6) is 5.75 Å². The highest BCUT2D eigenvalue weighted by Crippen LogP contribution is 2.49. The van der Waals surface area contributed by atoms with Gasteiger partial charge in [-0.25, -0.2) is 4.79 Å². The summed E-state index contributed by atoms with van der Waals surface area (Å²) in [6.45, 7) is 12.3. The molecule has 8 heteroatoms. The summed E-state index contributed by atoms with van der Waals surface area (Å²) in [7, 11) is 0. The molecule has 0 unspecified atom stereocenters. The molecule has 1 atom stereocenters. The monoisotopic (exact) mass is 468 g/mol. The zero-order valence-electron chi connectivity index (χ0n) is 20.8. The van der Waals surface area contributed by atoms with Gasteiger partial charge in [0.25, 0.3) is 0 Å². The number of likely N-dealkylation sites (tertiary alicyclic amines) is 1. The third-order valence-corrected chi connectivity index (χ3v) is 8.50. The molecule has 5 rings (SSSR count). The first-order valence-corrected chi connectivity index (χ1v) is 12.6. The molecule has 1 aromatic carbocycles. The second-order valence-electron chi connectivity index (χ2n) is 10.6. The zero-order chi connectivity index (χ0) is 24.0. The number of nitrogens with zero attached hydrogens (tertiary/aromatic N) is 4. The van der Waals surface area contributed by atoms with Gasteiger partial charge in [0.05, 0.1) is 6.61 Å². The second kappa shape index (κ2) is 8.87. The summed E-state index contributed by atoms with van der Waals surface area (Å²) in [5.74, 6) is 0.304. The lowest BCUT2D eigenvalue weighted by Crippen LogP contribution is -2.56. The highest BCUT2D eigenvalue weighted by atomic mass is 16.5. The Morgan fingerprint density at radius 2 is 1.91 bits per heavy atom. The number of carbonyl (C=O) groups is 1. The van der Waals surface area contributed by atoms with E-state index < -0.39 is 5.97 Å². The summed E-state index contributed by atoms with van der Waals surface area (Å²) in [5.41, 5.74) is 4.95. The molecule has 8 nitrogen and oxygen atoms in total. The highest BCUT2D eigenvalue weighted by molar-refractivity contribution is 5.84. The Hall–Kier alpha value is -2.61. The normalized spacial score (nSPS) is 22.8. The molecule has 2 aromatic rings. The number of esters is 1. The Morgan fingerprint density at radius 3 is 2.62 bits per heavy atom. The van der Waals surface area contributed by atoms with Crippen molar-refractivity contribution in [3.05, 3.63) is 34.2 Å². The van der Waals surface area contributed by atoms with E-state index in [9.17, 15) is 9.90 Å². The van der Waals surface area contributed by atoms with E-state index in [4.69, 9.17) is 9.15 Å². The SMILES string of the molecule is CCOC(=O)c1nnc(N2CC3(CC[C@@H](N4CCC(c5cc(C)c(C)c(C)c5O)CC4)C3)C2)o1. The molecule has 2 saturated heterocycles. The van der Waals surface area contributed by atoms with Crippen LogP contribution < -0.4 is 4.90 Å². The van der Waals surface area contributed by atoms with Gasteiger partial charge in [-0.3, -0.25) is 0 Å². The molecule has 1 aromatic heterocycles. The lowest BCUT2D eigenvalue weighted by atomic mass is 9.78. The van der Waals surface area contributed by atoms with E-state index in [1.165, 1.54) is 30.4 Å². The third kappa shape index (κ3) is 4.06. The first-order valence-electron chi connectivity index (χ1n) is 12.6. The minimum absolute atomic E-state index is 0.0741. The number of phenols is 1. The molecule has 184 valence electrons. The van der Waals surface area contributed by atoms with Crippen molar-refractivity contribution in [3.63, 3.8) is 0 Å². The summed E-state index contributed by atoms with van der Waals surface area (Å²) in [5, 5.41) is 18.6. The van der Waals surface area contributed by atoms with Crippen molar-refractivity contribution in [2.45, 2.75) is 71.8 Å². The Balaban J connectivity index is 1.14. The van der Waals surface area contributed by atoms with Crippen LogP contribution in [0.4, 0.5) is 6.01 Å². The average Bonchev–Trinajstić information content (AvgIpc) is 3.47. The lowest BCUT2D eigenvalue weighted by molar-refractivity contribution is 0.0480. The molecular formula is C26H36N4O4. The van der Waals surface area contributed by atoms with Crippen LogP contribution in [0.3, 0.4) is 0 Å². The average molecular weight is 469 g/mol. The molecule has 3 aliphatic rings. The fourth-order valence-corrected chi connectivity index (χ4v) is 6.28. The first-order chi connectivity index (χ1) is 16.3. The number of ether oxygens (including phenoxy) is 1. The number of carbonyl (C=O) groups excluding carboxylic acids is 1. The van der Waals surface area contributed by atoms with Crippen LogP contribution in [0.2, 0.25) is 0 Å². The number of anilines is 1. The maximum absolute atomic E-state index is 11.8. The number of hydrogen-bond donors (Lipinski definition) is 1. The Bertz CT molecular complexity index is 1070. The Morgan fingerprint density at radius 1 is 1.18 bits per heavy atom. The van der Waals surface area contributed by atoms with Crippen LogP contribution in [-0.2, 0) is 4.74 Å². The van der Waals surface area contributed by atoms with Crippen LogP contribution in [0, 0.1) is 26.2 Å². The summed E-state index contributed by atoms with van der Waals surface area (Å²) < 4.78 is 10.5. The van der Waals surface area contributed by atoms with E-state index >= 15 is 0 Å². The minimum Gasteiger partial charge on any atom is -0.507 e. The van der Waals surface area contributed by atoms with Crippen molar-refractivity contribution in [2.24, 2.45) is 5.41 Å². The smallest absolute Gasteiger partial charge is 0.396 e. The summed E-state index contributed by atoms with van der Waals surface area (Å²) in [4.78, 5) is 16.5. The van der Waals surface area contributed by atoms with E-state index in [2.05, 4.69) is 39.9 Å². The number of piperidine rings is 1. The first kappa shape index (κ1) is 23.1. The van der Waals surface area contributed by atoms with Gasteiger partial charge in [-0.1, -0.05) is 16.3 Å². The standard InChI is InChI=1S/C26H36N4O4/c1-5-33-24(32)23-27-28-25(34-23)30-14-26(15-30)9-6-20(13-26)29-10-7-19(8-11-29)21-12-16(2)17(3)18(4)22(21)31/h12,19-20,31H,5-11,13-15H2,1-4H3/t20-/m1/s1. The molecule has 1 spiro atoms. The largest absolute Gasteiger partial charge is 0.507 e. The van der Waals surface area contributed by atoms with E-state index in [1.54, 1.807) is 6.92 Å². The predicted molar refractivity (Wildman–Crippen MR) is 128 cm³/mol. The van der Waals surface area contributed by atoms with Crippen molar-refractivity contribution in [2.75, 3.05) is 37.7 Å². The molecule has 1 N–H and O–H groups in total. The van der Waals surface area contributed by atoms with E-state index in [0.29, 0.717) is 29.1 Å². The summed E-state index contributed by atoms with van der Waals surface area (Å²) >= 11 is 0. The molecular weight excluding hydrogens is 432 g/mol. The molecule has 0 radical (unpaired) electrons. The highest BCUT2D eigenvalue weighted by Gasteiger charge is 2.51. The molecule has 3 heterocycles. The topological polar surface area (TPSA) is 91.9 Å². The lowest BCUT2D eigenvalue weighted by Gasteiger charge is -2.48. The van der Waals surface area contributed by atoms with Gasteiger partial charge < -0.3 is 24.1 Å². The summed E-state index contributed by atoms with van der Waals surface area (Å²) in [6.07, 6.45) is 5.84. The van der Waals surface area contributed by atoms with Gasteiger partial charge in [0.15, 0.2) is 0 Å². The maximum Gasteiger partial charge on any atom is 0.396 e. The number of benzene rings is 1. The minimum atomic E-state index is -0.565. The van der Waals surface area contributed by atoms with Gasteiger partial charge in [-0.2, -0.15) is 0 Å². The van der Waals surface area contributed by atoms with Gasteiger partial charge >= 0.3 is 17.9 Å². The fourth-order valence-electron chi connectivity index (χ4n) is 6.28. The van der Waals surface area contributed by atoms with Crippen molar-refractivity contribution in [1.29, 1.82) is 0 Å². The van der Waals surface area contributed by atoms with Crippen LogP contribution in [0.15, 0.2) is 10.5 Å². The van der Waals surface area contributed by atoms with E-state index in [0.717, 1.165) is 50.1 Å². The molecule has 3 fully saturated rings. The summed E-state index contributed by atoms with van der Waals surface area (Å²) in [6, 6.07) is 3.24. The van der Waals surface area contributed by atoms with Crippen molar-refractivity contribution in [3.8, 4) is 5.75 Å². The molecule has 0 amide bonds. The molecule has 1 saturated carbocycles. The van der Waals surface area contributed by atoms with Gasteiger partial charge in [0.2, 0.25) is 0 Å². The van der Waals surface area contributed by atoms with Crippen molar-refractivity contribution < 1.29 is 19.1 Å². The van der Waals surface area contributed by atoms with Gasteiger partial charge in [-0.05, 0) is 101 Å². The number of rotatable bonds is 5. The third-order valence-electron chi connectivity index (χ3n) is 8.50. The van der Waals surface area contributed by atoms with E-state index in [-0.39, 0.29) is 12.5 Å². The quantitative estimate of drug-likeness (QED) is 0.656. The molecule has 2 aliphatic heterocycles. The Kier molecular flexibility index (Phi) is 6.04. The van der Waals surface area contributed by atoms with Crippen molar-refractivity contribution in [1.82, 2.24) is 15.1 Å². The number of aryl methyl sites for hydroxylation is 1. The number of hydrogen-bond acceptors (Lipinski definition) is 8.